The first-order chi connectivity index (χ1) is 16.8. The summed E-state index contributed by atoms with van der Waals surface area (Å²) in [6, 6.07) is 10.1. The van der Waals surface area contributed by atoms with Gasteiger partial charge in [0.15, 0.2) is 4.80 Å². The van der Waals surface area contributed by atoms with Gasteiger partial charge in [0.25, 0.3) is 5.91 Å². The number of nitrogens with zero attached hydrogens (tertiary/aromatic N) is 3. The standard InChI is InChI=1S/C26H33N3O4S2/c1-5-17-29-23-22(33-4)16-11-18(2)24(23)34-26(29)27-25(30)19-12-14-21(15-13-19)35(31,32)28(3)20-9-7-6-8-10-20/h11-16,20H,5-10,17H2,1-4H3. The highest BCUT2D eigenvalue weighted by Gasteiger charge is 2.29. The Balaban J connectivity index is 1.66. The first-order valence-electron chi connectivity index (χ1n) is 12.1. The first kappa shape index (κ1) is 25.6. The van der Waals surface area contributed by atoms with Crippen LogP contribution in [0.4, 0.5) is 0 Å². The summed E-state index contributed by atoms with van der Waals surface area (Å²) in [5, 5.41) is 0. The van der Waals surface area contributed by atoms with Crippen LogP contribution in [0.5, 0.6) is 5.75 Å². The monoisotopic (exact) mass is 515 g/mol. The van der Waals surface area contributed by atoms with Crippen molar-refractivity contribution in [2.24, 2.45) is 4.99 Å². The molecule has 7 nitrogen and oxygen atoms in total. The van der Waals surface area contributed by atoms with Crippen molar-refractivity contribution in [3.05, 3.63) is 52.3 Å². The quantitative estimate of drug-likeness (QED) is 0.437. The third-order valence-corrected chi connectivity index (χ3v) is 9.85. The van der Waals surface area contributed by atoms with Crippen molar-refractivity contribution >= 4 is 37.5 Å². The van der Waals surface area contributed by atoms with Gasteiger partial charge in [0.05, 0.1) is 16.7 Å². The van der Waals surface area contributed by atoms with E-state index in [0.29, 0.717) is 16.9 Å². The summed E-state index contributed by atoms with van der Waals surface area (Å²) < 4.78 is 36.4. The van der Waals surface area contributed by atoms with Crippen molar-refractivity contribution in [3.8, 4) is 5.75 Å². The number of fused-ring (bicyclic) bond motifs is 1. The van der Waals surface area contributed by atoms with Crippen LogP contribution in [0.15, 0.2) is 46.3 Å². The smallest absolute Gasteiger partial charge is 0.279 e. The van der Waals surface area contributed by atoms with Crippen LogP contribution >= 0.6 is 11.3 Å². The molecule has 1 saturated carbocycles. The lowest BCUT2D eigenvalue weighted by Crippen LogP contribution is -2.38. The molecule has 4 rings (SSSR count). The molecule has 1 aliphatic rings. The van der Waals surface area contributed by atoms with Gasteiger partial charge >= 0.3 is 0 Å². The lowest BCUT2D eigenvalue weighted by atomic mass is 9.96. The highest BCUT2D eigenvalue weighted by atomic mass is 32.2. The molecule has 0 bridgehead atoms. The second-order valence-corrected chi connectivity index (χ2v) is 12.0. The summed E-state index contributed by atoms with van der Waals surface area (Å²) in [5.74, 6) is 0.350. The molecule has 0 aliphatic heterocycles. The number of sulfonamides is 1. The number of carbonyl (C=O) groups excluding carboxylic acids is 1. The number of hydrogen-bond acceptors (Lipinski definition) is 5. The van der Waals surface area contributed by atoms with Gasteiger partial charge in [0, 0.05) is 25.2 Å². The van der Waals surface area contributed by atoms with Crippen molar-refractivity contribution in [2.75, 3.05) is 14.2 Å². The zero-order chi connectivity index (χ0) is 25.2. The van der Waals surface area contributed by atoms with Crippen molar-refractivity contribution in [1.29, 1.82) is 0 Å². The zero-order valence-corrected chi connectivity index (χ0v) is 22.4. The number of aromatic nitrogens is 1. The van der Waals surface area contributed by atoms with Gasteiger partial charge in [-0.05, 0) is 62.1 Å². The average Bonchev–Trinajstić information content (AvgIpc) is 3.23. The number of hydrogen-bond donors (Lipinski definition) is 0. The molecule has 0 saturated heterocycles. The van der Waals surface area contributed by atoms with Crippen LogP contribution in [0.25, 0.3) is 10.2 Å². The van der Waals surface area contributed by atoms with Gasteiger partial charge in [-0.1, -0.05) is 43.6 Å². The van der Waals surface area contributed by atoms with Crippen LogP contribution in [-0.2, 0) is 16.6 Å². The van der Waals surface area contributed by atoms with Crippen LogP contribution in [0.1, 0.15) is 61.4 Å². The first-order valence-corrected chi connectivity index (χ1v) is 14.4. The number of amides is 1. The molecule has 0 unspecified atom stereocenters. The Morgan fingerprint density at radius 1 is 1.14 bits per heavy atom. The van der Waals surface area contributed by atoms with Gasteiger partial charge in [-0.2, -0.15) is 9.30 Å². The molecule has 1 aromatic heterocycles. The molecule has 1 fully saturated rings. The fraction of sp³-hybridized carbons (Fsp3) is 0.462. The summed E-state index contributed by atoms with van der Waals surface area (Å²) in [5.41, 5.74) is 2.40. The summed E-state index contributed by atoms with van der Waals surface area (Å²) >= 11 is 1.46. The molecule has 1 aliphatic carbocycles. The molecule has 3 aromatic rings. The lowest BCUT2D eigenvalue weighted by molar-refractivity contribution is 0.0997. The Labute approximate surface area is 211 Å². The second kappa shape index (κ2) is 10.6. The number of ether oxygens (including phenoxy) is 1. The van der Waals surface area contributed by atoms with Gasteiger partial charge < -0.3 is 9.30 Å². The minimum absolute atomic E-state index is 0.0347. The van der Waals surface area contributed by atoms with E-state index in [-0.39, 0.29) is 10.9 Å². The third kappa shape index (κ3) is 5.08. The number of rotatable bonds is 7. The molecule has 0 radical (unpaired) electrons. The summed E-state index contributed by atoms with van der Waals surface area (Å²) in [4.78, 5) is 18.3. The highest BCUT2D eigenvalue weighted by Crippen LogP contribution is 2.31. The maximum absolute atomic E-state index is 13.1. The summed E-state index contributed by atoms with van der Waals surface area (Å²) in [6.07, 6.45) is 5.94. The van der Waals surface area contributed by atoms with Crippen molar-refractivity contribution in [1.82, 2.24) is 8.87 Å². The van der Waals surface area contributed by atoms with E-state index in [9.17, 15) is 13.2 Å². The van der Waals surface area contributed by atoms with Gasteiger partial charge in [0.1, 0.15) is 11.3 Å². The Morgan fingerprint density at radius 2 is 1.83 bits per heavy atom. The second-order valence-electron chi connectivity index (χ2n) is 9.05. The number of aryl methyl sites for hydroxylation is 2. The lowest BCUT2D eigenvalue weighted by Gasteiger charge is -2.30. The van der Waals surface area contributed by atoms with Crippen molar-refractivity contribution in [3.63, 3.8) is 0 Å². The number of benzene rings is 2. The normalized spacial score (nSPS) is 15.7. The van der Waals surface area contributed by atoms with E-state index < -0.39 is 15.9 Å². The topological polar surface area (TPSA) is 81.0 Å². The molecule has 2 aromatic carbocycles. The van der Waals surface area contributed by atoms with E-state index >= 15 is 0 Å². The van der Waals surface area contributed by atoms with Gasteiger partial charge in [-0.15, -0.1) is 0 Å². The Morgan fingerprint density at radius 3 is 2.46 bits per heavy atom. The van der Waals surface area contributed by atoms with Crippen molar-refractivity contribution < 1.29 is 17.9 Å². The predicted octanol–water partition coefficient (Wildman–Crippen LogP) is 5.12. The van der Waals surface area contributed by atoms with Crippen LogP contribution in [0, 0.1) is 6.92 Å². The molecule has 0 spiro atoms. The Hall–Kier alpha value is -2.49. The van der Waals surface area contributed by atoms with E-state index in [4.69, 9.17) is 4.74 Å². The van der Waals surface area contributed by atoms with Gasteiger partial charge in [0.2, 0.25) is 10.0 Å². The molecule has 188 valence electrons. The fourth-order valence-electron chi connectivity index (χ4n) is 4.69. The SMILES string of the molecule is CCCn1c(=NC(=O)c2ccc(S(=O)(=O)N(C)C3CCCCC3)cc2)sc2c(C)ccc(OC)c21. The molecular formula is C26H33N3O4S2. The molecular weight excluding hydrogens is 482 g/mol. The van der Waals surface area contributed by atoms with Crippen LogP contribution < -0.4 is 9.54 Å². The average molecular weight is 516 g/mol. The maximum atomic E-state index is 13.1. The number of thiazole rings is 1. The van der Waals surface area contributed by atoms with Gasteiger partial charge in [-0.25, -0.2) is 8.42 Å². The van der Waals surface area contributed by atoms with Crippen molar-refractivity contribution in [2.45, 2.75) is 69.9 Å². The Bertz CT molecular complexity index is 1380. The largest absolute Gasteiger partial charge is 0.495 e. The van der Waals surface area contributed by atoms with E-state index in [1.807, 2.05) is 23.6 Å². The maximum Gasteiger partial charge on any atom is 0.279 e. The van der Waals surface area contributed by atoms with Gasteiger partial charge in [-0.3, -0.25) is 4.79 Å². The predicted molar refractivity (Wildman–Crippen MR) is 140 cm³/mol. The molecule has 0 atom stereocenters. The number of carbonyl (C=O) groups is 1. The molecule has 9 heteroatoms. The fourth-order valence-corrected chi connectivity index (χ4v) is 7.24. The minimum Gasteiger partial charge on any atom is -0.495 e. The number of methoxy groups -OCH3 is 1. The van der Waals surface area contributed by atoms with E-state index in [1.165, 1.54) is 27.8 Å². The summed E-state index contributed by atoms with van der Waals surface area (Å²) in [7, 11) is -0.311. The zero-order valence-electron chi connectivity index (χ0n) is 20.8. The molecule has 0 N–H and O–H groups in total. The van der Waals surface area contributed by atoms with Crippen LogP contribution in [-0.4, -0.2) is 43.4 Å². The Kier molecular flexibility index (Phi) is 7.78. The minimum atomic E-state index is -3.61. The summed E-state index contributed by atoms with van der Waals surface area (Å²) in [6.45, 7) is 4.81. The van der Waals surface area contributed by atoms with E-state index in [0.717, 1.165) is 60.1 Å². The third-order valence-electron chi connectivity index (χ3n) is 6.72. The molecule has 1 amide bonds. The van der Waals surface area contributed by atoms with E-state index in [2.05, 4.69) is 11.9 Å². The van der Waals surface area contributed by atoms with Crippen LogP contribution in [0.2, 0.25) is 0 Å². The highest BCUT2D eigenvalue weighted by molar-refractivity contribution is 7.89. The van der Waals surface area contributed by atoms with E-state index in [1.54, 1.807) is 26.3 Å². The molecule has 1 heterocycles. The van der Waals surface area contributed by atoms with Crippen LogP contribution in [0.3, 0.4) is 0 Å². The molecule has 35 heavy (non-hydrogen) atoms.